The van der Waals surface area contributed by atoms with Crippen LogP contribution in [0.2, 0.25) is 0 Å². The Kier molecular flexibility index (Phi) is 3.72. The van der Waals surface area contributed by atoms with Crippen molar-refractivity contribution in [2.75, 3.05) is 24.2 Å². The van der Waals surface area contributed by atoms with E-state index in [9.17, 15) is 0 Å². The molecule has 2 rings (SSSR count). The van der Waals surface area contributed by atoms with Gasteiger partial charge in [-0.1, -0.05) is 6.92 Å². The molecule has 0 amide bonds. The molecule has 0 aliphatic carbocycles. The number of guanidine groups is 1. The Labute approximate surface area is 101 Å². The van der Waals surface area contributed by atoms with Crippen LogP contribution >= 0.6 is 11.8 Å². The van der Waals surface area contributed by atoms with Crippen molar-refractivity contribution in [3.05, 3.63) is 23.8 Å². The Morgan fingerprint density at radius 2 is 2.38 bits per heavy atom. The van der Waals surface area contributed by atoms with Gasteiger partial charge in [0.2, 0.25) is 0 Å². The lowest BCUT2D eigenvalue weighted by Gasteiger charge is -2.10. The number of hydrogen-bond acceptors (Lipinski definition) is 4. The van der Waals surface area contributed by atoms with E-state index in [2.05, 4.69) is 47.7 Å². The molecule has 0 unspecified atom stereocenters. The van der Waals surface area contributed by atoms with E-state index in [1.807, 2.05) is 11.8 Å². The number of anilines is 1. The second kappa shape index (κ2) is 5.25. The SMILES string of the molecule is CCSc1ccc(NC2=NCCN2)c(C)c1. The fourth-order valence-electron chi connectivity index (χ4n) is 1.64. The second-order valence-electron chi connectivity index (χ2n) is 3.69. The highest BCUT2D eigenvalue weighted by molar-refractivity contribution is 7.99. The van der Waals surface area contributed by atoms with Crippen LogP contribution in [0.4, 0.5) is 5.69 Å². The van der Waals surface area contributed by atoms with Gasteiger partial charge in [-0.2, -0.15) is 0 Å². The molecule has 0 fully saturated rings. The van der Waals surface area contributed by atoms with E-state index in [0.717, 1.165) is 30.5 Å². The minimum atomic E-state index is 0.866. The van der Waals surface area contributed by atoms with Crippen LogP contribution in [-0.4, -0.2) is 24.8 Å². The highest BCUT2D eigenvalue weighted by atomic mass is 32.2. The van der Waals surface area contributed by atoms with Crippen LogP contribution in [-0.2, 0) is 0 Å². The molecule has 0 bridgehead atoms. The summed E-state index contributed by atoms with van der Waals surface area (Å²) >= 11 is 1.87. The summed E-state index contributed by atoms with van der Waals surface area (Å²) in [6, 6.07) is 6.49. The highest BCUT2D eigenvalue weighted by Crippen LogP contribution is 2.23. The molecule has 1 aliphatic heterocycles. The minimum absolute atomic E-state index is 0.866. The summed E-state index contributed by atoms with van der Waals surface area (Å²) in [5, 5.41) is 6.51. The van der Waals surface area contributed by atoms with Crippen molar-refractivity contribution in [2.45, 2.75) is 18.7 Å². The third-order valence-corrected chi connectivity index (χ3v) is 3.31. The molecular weight excluding hydrogens is 218 g/mol. The quantitative estimate of drug-likeness (QED) is 0.790. The normalized spacial score (nSPS) is 14.5. The number of nitrogens with one attached hydrogen (secondary N) is 2. The first-order valence-corrected chi connectivity index (χ1v) is 6.57. The lowest BCUT2D eigenvalue weighted by molar-refractivity contribution is 0.959. The molecule has 0 spiro atoms. The standard InChI is InChI=1S/C12H17N3S/c1-3-16-10-4-5-11(9(2)8-10)15-12-13-6-7-14-12/h4-5,8H,3,6-7H2,1-2H3,(H2,13,14,15). The van der Waals surface area contributed by atoms with Crippen LogP contribution in [0.25, 0.3) is 0 Å². The fourth-order valence-corrected chi connectivity index (χ4v) is 2.40. The topological polar surface area (TPSA) is 36.4 Å². The second-order valence-corrected chi connectivity index (χ2v) is 5.03. The van der Waals surface area contributed by atoms with Crippen molar-refractivity contribution in [3.63, 3.8) is 0 Å². The molecule has 0 aromatic heterocycles. The number of hydrogen-bond donors (Lipinski definition) is 2. The third kappa shape index (κ3) is 2.70. The number of rotatable bonds is 3. The zero-order chi connectivity index (χ0) is 11.4. The maximum atomic E-state index is 4.32. The van der Waals surface area contributed by atoms with Gasteiger partial charge >= 0.3 is 0 Å². The van der Waals surface area contributed by atoms with Crippen LogP contribution in [0.5, 0.6) is 0 Å². The van der Waals surface area contributed by atoms with Crippen molar-refractivity contribution < 1.29 is 0 Å². The summed E-state index contributed by atoms with van der Waals surface area (Å²) in [7, 11) is 0. The molecule has 0 radical (unpaired) electrons. The monoisotopic (exact) mass is 235 g/mol. The van der Waals surface area contributed by atoms with Gasteiger partial charge in [0.1, 0.15) is 0 Å². The largest absolute Gasteiger partial charge is 0.354 e. The van der Waals surface area contributed by atoms with Crippen LogP contribution in [0.3, 0.4) is 0 Å². The van der Waals surface area contributed by atoms with Crippen molar-refractivity contribution >= 4 is 23.4 Å². The summed E-state index contributed by atoms with van der Waals surface area (Å²) < 4.78 is 0. The number of thioether (sulfide) groups is 1. The van der Waals surface area contributed by atoms with E-state index in [1.54, 1.807) is 0 Å². The molecule has 3 nitrogen and oxygen atoms in total. The van der Waals surface area contributed by atoms with Crippen molar-refractivity contribution in [2.24, 2.45) is 4.99 Å². The molecule has 4 heteroatoms. The maximum absolute atomic E-state index is 4.32. The van der Waals surface area contributed by atoms with Gasteiger partial charge < -0.3 is 10.6 Å². The predicted octanol–water partition coefficient (Wildman–Crippen LogP) is 2.48. The molecule has 86 valence electrons. The van der Waals surface area contributed by atoms with Crippen LogP contribution in [0.15, 0.2) is 28.1 Å². The summed E-state index contributed by atoms with van der Waals surface area (Å²) in [4.78, 5) is 5.65. The van der Waals surface area contributed by atoms with Crippen LogP contribution in [0.1, 0.15) is 12.5 Å². The molecule has 0 saturated carbocycles. The lowest BCUT2D eigenvalue weighted by Crippen LogP contribution is -2.26. The number of benzene rings is 1. The molecule has 1 heterocycles. The number of aryl methyl sites for hydroxylation is 1. The Hall–Kier alpha value is -1.16. The molecular formula is C12H17N3S. The molecule has 1 aliphatic rings. The van der Waals surface area contributed by atoms with Gasteiger partial charge in [0.05, 0.1) is 6.54 Å². The van der Waals surface area contributed by atoms with Gasteiger partial charge in [0, 0.05) is 17.1 Å². The Balaban J connectivity index is 2.09. The molecule has 2 N–H and O–H groups in total. The smallest absolute Gasteiger partial charge is 0.195 e. The first-order valence-electron chi connectivity index (χ1n) is 5.58. The average molecular weight is 235 g/mol. The van der Waals surface area contributed by atoms with Gasteiger partial charge in [0.25, 0.3) is 0 Å². The van der Waals surface area contributed by atoms with Crippen molar-refractivity contribution in [1.29, 1.82) is 0 Å². The van der Waals surface area contributed by atoms with Gasteiger partial charge in [-0.15, -0.1) is 11.8 Å². The first kappa shape index (κ1) is 11.3. The highest BCUT2D eigenvalue weighted by Gasteiger charge is 2.06. The zero-order valence-electron chi connectivity index (χ0n) is 9.71. The van der Waals surface area contributed by atoms with Gasteiger partial charge in [-0.05, 0) is 36.4 Å². The molecule has 0 saturated heterocycles. The number of aliphatic imine (C=N–C) groups is 1. The Morgan fingerprint density at radius 3 is 3.00 bits per heavy atom. The van der Waals surface area contributed by atoms with E-state index >= 15 is 0 Å². The van der Waals surface area contributed by atoms with E-state index < -0.39 is 0 Å². The van der Waals surface area contributed by atoms with Gasteiger partial charge in [0.15, 0.2) is 5.96 Å². The predicted molar refractivity (Wildman–Crippen MR) is 71.5 cm³/mol. The number of nitrogens with zero attached hydrogens (tertiary/aromatic N) is 1. The summed E-state index contributed by atoms with van der Waals surface area (Å²) in [6.45, 7) is 6.09. The summed E-state index contributed by atoms with van der Waals surface area (Å²) in [6.07, 6.45) is 0. The van der Waals surface area contributed by atoms with Crippen molar-refractivity contribution in [1.82, 2.24) is 5.32 Å². The molecule has 16 heavy (non-hydrogen) atoms. The minimum Gasteiger partial charge on any atom is -0.354 e. The Morgan fingerprint density at radius 1 is 1.50 bits per heavy atom. The molecule has 1 aromatic rings. The molecule has 1 aromatic carbocycles. The first-order chi connectivity index (χ1) is 7.79. The maximum Gasteiger partial charge on any atom is 0.195 e. The van der Waals surface area contributed by atoms with Gasteiger partial charge in [-0.25, -0.2) is 0 Å². The summed E-state index contributed by atoms with van der Waals surface area (Å²) in [5.74, 6) is 2.00. The van der Waals surface area contributed by atoms with Crippen LogP contribution < -0.4 is 10.6 Å². The lowest BCUT2D eigenvalue weighted by atomic mass is 10.2. The van der Waals surface area contributed by atoms with E-state index in [-0.39, 0.29) is 0 Å². The fraction of sp³-hybridized carbons (Fsp3) is 0.417. The zero-order valence-corrected chi connectivity index (χ0v) is 10.5. The Bertz CT molecular complexity index is 401. The third-order valence-electron chi connectivity index (χ3n) is 2.44. The summed E-state index contributed by atoms with van der Waals surface area (Å²) in [5.41, 5.74) is 2.39. The van der Waals surface area contributed by atoms with Crippen LogP contribution in [0, 0.1) is 6.92 Å². The van der Waals surface area contributed by atoms with Crippen molar-refractivity contribution in [3.8, 4) is 0 Å². The molecule has 0 atom stereocenters. The average Bonchev–Trinajstić information content (AvgIpc) is 2.75. The van der Waals surface area contributed by atoms with E-state index in [1.165, 1.54) is 10.5 Å². The van der Waals surface area contributed by atoms with E-state index in [4.69, 9.17) is 0 Å². The van der Waals surface area contributed by atoms with Gasteiger partial charge in [-0.3, -0.25) is 4.99 Å². The van der Waals surface area contributed by atoms with E-state index in [0.29, 0.717) is 0 Å².